The number of nitrogens with zero attached hydrogens (tertiary/aromatic N) is 2. The first-order valence-corrected chi connectivity index (χ1v) is 5.89. The standard InChI is InChI=1S/C9H9IN2S/c1-4-7-5(2)13-6(3)8(7)12-9(10)11-4/h1-3H3. The summed E-state index contributed by atoms with van der Waals surface area (Å²) in [6, 6.07) is 0. The SMILES string of the molecule is Cc1sc(C)c2c(C)nc(I)nc12. The number of hydrogen-bond donors (Lipinski definition) is 0. The fraction of sp³-hybridized carbons (Fsp3) is 0.333. The van der Waals surface area contributed by atoms with Crippen LogP contribution in [0.25, 0.3) is 10.9 Å². The lowest BCUT2D eigenvalue weighted by Gasteiger charge is -1.97. The summed E-state index contributed by atoms with van der Waals surface area (Å²) in [4.78, 5) is 11.4. The lowest BCUT2D eigenvalue weighted by molar-refractivity contribution is 1.10. The Morgan fingerprint density at radius 3 is 2.46 bits per heavy atom. The van der Waals surface area contributed by atoms with Gasteiger partial charge in [0.15, 0.2) is 3.83 Å². The normalized spacial score (nSPS) is 11.1. The van der Waals surface area contributed by atoms with Gasteiger partial charge in [-0.15, -0.1) is 11.3 Å². The Morgan fingerprint density at radius 2 is 1.77 bits per heavy atom. The summed E-state index contributed by atoms with van der Waals surface area (Å²) in [6.07, 6.45) is 0. The molecule has 0 aliphatic heterocycles. The van der Waals surface area contributed by atoms with Crippen LogP contribution in [0.2, 0.25) is 0 Å². The highest BCUT2D eigenvalue weighted by atomic mass is 127. The minimum absolute atomic E-state index is 0.837. The predicted octanol–water partition coefficient (Wildman–Crippen LogP) is 3.22. The van der Waals surface area contributed by atoms with Crippen molar-refractivity contribution in [3.8, 4) is 0 Å². The molecule has 2 rings (SSSR count). The van der Waals surface area contributed by atoms with Gasteiger partial charge in [0, 0.05) is 37.7 Å². The van der Waals surface area contributed by atoms with E-state index in [0.717, 1.165) is 15.0 Å². The Balaban J connectivity index is 2.97. The molecule has 0 saturated heterocycles. The van der Waals surface area contributed by atoms with Crippen molar-refractivity contribution in [2.24, 2.45) is 0 Å². The molecule has 0 radical (unpaired) electrons. The first kappa shape index (κ1) is 9.33. The van der Waals surface area contributed by atoms with Crippen molar-refractivity contribution in [2.45, 2.75) is 20.8 Å². The van der Waals surface area contributed by atoms with Crippen LogP contribution in [0, 0.1) is 24.6 Å². The Hall–Kier alpha value is -0.230. The topological polar surface area (TPSA) is 25.8 Å². The zero-order valence-corrected chi connectivity index (χ0v) is 10.7. The fourth-order valence-electron chi connectivity index (χ4n) is 1.54. The van der Waals surface area contributed by atoms with Gasteiger partial charge in [-0.3, -0.25) is 0 Å². The maximum atomic E-state index is 4.44. The average Bonchev–Trinajstić information content (AvgIpc) is 2.27. The van der Waals surface area contributed by atoms with Crippen molar-refractivity contribution in [3.05, 3.63) is 19.3 Å². The molecule has 0 spiro atoms. The summed E-state index contributed by atoms with van der Waals surface area (Å²) in [5, 5.41) is 1.24. The molecule has 2 heterocycles. The smallest absolute Gasteiger partial charge is 0.191 e. The second-order valence-corrected chi connectivity index (χ2v) is 5.41. The molecule has 0 fully saturated rings. The highest BCUT2D eigenvalue weighted by Gasteiger charge is 2.10. The van der Waals surface area contributed by atoms with Crippen LogP contribution in [-0.4, -0.2) is 9.97 Å². The van der Waals surface area contributed by atoms with Crippen LogP contribution in [0.1, 0.15) is 15.4 Å². The van der Waals surface area contributed by atoms with Crippen LogP contribution in [0.4, 0.5) is 0 Å². The van der Waals surface area contributed by atoms with Crippen LogP contribution in [0.5, 0.6) is 0 Å². The first-order valence-electron chi connectivity index (χ1n) is 3.99. The molecule has 0 unspecified atom stereocenters. The van der Waals surface area contributed by atoms with Gasteiger partial charge in [-0.05, 0) is 20.8 Å². The molecular formula is C9H9IN2S. The summed E-state index contributed by atoms with van der Waals surface area (Å²) in [5.41, 5.74) is 2.22. The van der Waals surface area contributed by atoms with E-state index in [2.05, 4.69) is 46.4 Å². The van der Waals surface area contributed by atoms with Gasteiger partial charge in [-0.1, -0.05) is 0 Å². The van der Waals surface area contributed by atoms with E-state index >= 15 is 0 Å². The zero-order valence-electron chi connectivity index (χ0n) is 7.68. The van der Waals surface area contributed by atoms with Gasteiger partial charge in [0.1, 0.15) is 0 Å². The predicted molar refractivity (Wildman–Crippen MR) is 64.3 cm³/mol. The maximum absolute atomic E-state index is 4.44. The van der Waals surface area contributed by atoms with Crippen LogP contribution in [0.15, 0.2) is 0 Å². The Kier molecular flexibility index (Phi) is 2.27. The minimum Gasteiger partial charge on any atom is -0.228 e. The van der Waals surface area contributed by atoms with Gasteiger partial charge in [-0.2, -0.15) is 0 Å². The molecule has 0 bridgehead atoms. The highest BCUT2D eigenvalue weighted by molar-refractivity contribution is 14.1. The van der Waals surface area contributed by atoms with E-state index in [-0.39, 0.29) is 0 Å². The Bertz CT molecular complexity index is 476. The van der Waals surface area contributed by atoms with Crippen LogP contribution in [-0.2, 0) is 0 Å². The molecule has 4 heteroatoms. The molecule has 2 nitrogen and oxygen atoms in total. The van der Waals surface area contributed by atoms with E-state index < -0.39 is 0 Å². The Morgan fingerprint density at radius 1 is 1.08 bits per heavy atom. The fourth-order valence-corrected chi connectivity index (χ4v) is 3.20. The largest absolute Gasteiger partial charge is 0.228 e. The van der Waals surface area contributed by atoms with E-state index in [0.29, 0.717) is 0 Å². The lowest BCUT2D eigenvalue weighted by atomic mass is 10.2. The number of thiophene rings is 1. The van der Waals surface area contributed by atoms with Crippen LogP contribution in [0.3, 0.4) is 0 Å². The molecule has 68 valence electrons. The number of fused-ring (bicyclic) bond motifs is 1. The number of rotatable bonds is 0. The van der Waals surface area contributed by atoms with Crippen LogP contribution < -0.4 is 0 Å². The van der Waals surface area contributed by atoms with Crippen molar-refractivity contribution < 1.29 is 0 Å². The summed E-state index contributed by atoms with van der Waals surface area (Å²) >= 11 is 3.96. The molecular weight excluding hydrogens is 295 g/mol. The molecule has 0 N–H and O–H groups in total. The molecule has 0 aliphatic carbocycles. The third-order valence-corrected chi connectivity index (χ3v) is 3.55. The number of hydrogen-bond acceptors (Lipinski definition) is 3. The monoisotopic (exact) mass is 304 g/mol. The van der Waals surface area contributed by atoms with Crippen molar-refractivity contribution in [3.63, 3.8) is 0 Å². The lowest BCUT2D eigenvalue weighted by Crippen LogP contribution is -1.91. The third kappa shape index (κ3) is 1.46. The van der Waals surface area contributed by atoms with Gasteiger partial charge < -0.3 is 0 Å². The first-order chi connectivity index (χ1) is 6.09. The maximum Gasteiger partial charge on any atom is 0.191 e. The molecule has 2 aromatic rings. The molecule has 0 aliphatic rings. The van der Waals surface area contributed by atoms with Crippen molar-refractivity contribution in [2.75, 3.05) is 0 Å². The quantitative estimate of drug-likeness (QED) is 0.552. The number of aromatic nitrogens is 2. The second-order valence-electron chi connectivity index (χ2n) is 3.02. The third-order valence-electron chi connectivity index (χ3n) is 2.05. The van der Waals surface area contributed by atoms with E-state index in [1.165, 1.54) is 15.1 Å². The van der Waals surface area contributed by atoms with Gasteiger partial charge in [0.2, 0.25) is 0 Å². The van der Waals surface area contributed by atoms with Gasteiger partial charge >= 0.3 is 0 Å². The number of aryl methyl sites for hydroxylation is 3. The molecule has 0 atom stereocenters. The zero-order chi connectivity index (χ0) is 9.59. The molecule has 13 heavy (non-hydrogen) atoms. The van der Waals surface area contributed by atoms with Crippen molar-refractivity contribution >= 4 is 44.8 Å². The molecule has 0 saturated carbocycles. The summed E-state index contributed by atoms with van der Waals surface area (Å²) in [5.74, 6) is 0. The van der Waals surface area contributed by atoms with Crippen molar-refractivity contribution in [1.82, 2.24) is 9.97 Å². The second kappa shape index (κ2) is 3.16. The van der Waals surface area contributed by atoms with Gasteiger partial charge in [0.25, 0.3) is 0 Å². The van der Waals surface area contributed by atoms with Crippen LogP contribution >= 0.6 is 33.9 Å². The van der Waals surface area contributed by atoms with Gasteiger partial charge in [0.05, 0.1) is 11.2 Å². The van der Waals surface area contributed by atoms with E-state index in [4.69, 9.17) is 0 Å². The van der Waals surface area contributed by atoms with Gasteiger partial charge in [-0.25, -0.2) is 9.97 Å². The molecule has 0 amide bonds. The van der Waals surface area contributed by atoms with Crippen molar-refractivity contribution in [1.29, 1.82) is 0 Å². The number of halogens is 1. The summed E-state index contributed by atoms with van der Waals surface area (Å²) in [7, 11) is 0. The van der Waals surface area contributed by atoms with E-state index in [1.807, 2.05) is 6.92 Å². The minimum atomic E-state index is 0.837. The molecule has 0 aromatic carbocycles. The average molecular weight is 304 g/mol. The van der Waals surface area contributed by atoms with E-state index in [9.17, 15) is 0 Å². The summed E-state index contributed by atoms with van der Waals surface area (Å²) < 4.78 is 0.837. The summed E-state index contributed by atoms with van der Waals surface area (Å²) in [6.45, 7) is 6.29. The molecule has 2 aromatic heterocycles. The van der Waals surface area contributed by atoms with E-state index in [1.54, 1.807) is 11.3 Å². The highest BCUT2D eigenvalue weighted by Crippen LogP contribution is 2.30. The Labute approximate surface area is 94.5 Å².